The highest BCUT2D eigenvalue weighted by atomic mass is 19.1. The monoisotopic (exact) mass is 474 g/mol. The van der Waals surface area contributed by atoms with E-state index in [2.05, 4.69) is 5.32 Å². The van der Waals surface area contributed by atoms with Crippen LogP contribution in [0.4, 0.5) is 4.39 Å². The highest BCUT2D eigenvalue weighted by Gasteiger charge is 2.30. The molecule has 4 nitrogen and oxygen atoms in total. The molecule has 1 N–H and O–H groups in total. The summed E-state index contributed by atoms with van der Waals surface area (Å²) in [6, 6.07) is 21.1. The van der Waals surface area contributed by atoms with Crippen LogP contribution in [0.15, 0.2) is 72.8 Å². The van der Waals surface area contributed by atoms with Gasteiger partial charge in [0.05, 0.1) is 6.42 Å². The highest BCUT2D eigenvalue weighted by molar-refractivity contribution is 5.88. The van der Waals surface area contributed by atoms with Gasteiger partial charge in [0, 0.05) is 19.5 Å². The van der Waals surface area contributed by atoms with Crippen LogP contribution in [0, 0.1) is 25.6 Å². The third-order valence-corrected chi connectivity index (χ3v) is 6.15. The molecule has 35 heavy (non-hydrogen) atoms. The average Bonchev–Trinajstić information content (AvgIpc) is 2.84. The molecular weight excluding hydrogens is 439 g/mol. The number of hydrogen-bond acceptors (Lipinski definition) is 2. The zero-order valence-electron chi connectivity index (χ0n) is 21.1. The van der Waals surface area contributed by atoms with Crippen LogP contribution in [-0.4, -0.2) is 29.3 Å². The average molecular weight is 475 g/mol. The molecule has 1 atom stereocenters. The summed E-state index contributed by atoms with van der Waals surface area (Å²) in [5, 5.41) is 3.02. The first kappa shape index (κ1) is 26.1. The Kier molecular flexibility index (Phi) is 9.18. The molecule has 184 valence electrons. The Bertz CT molecular complexity index is 1130. The van der Waals surface area contributed by atoms with E-state index in [9.17, 15) is 14.0 Å². The van der Waals surface area contributed by atoms with Crippen molar-refractivity contribution in [1.29, 1.82) is 0 Å². The summed E-state index contributed by atoms with van der Waals surface area (Å²) < 4.78 is 13.5. The van der Waals surface area contributed by atoms with Crippen LogP contribution in [0.5, 0.6) is 0 Å². The maximum absolute atomic E-state index is 13.7. The lowest BCUT2D eigenvalue weighted by molar-refractivity contribution is -0.140. The van der Waals surface area contributed by atoms with Gasteiger partial charge in [0.1, 0.15) is 11.9 Å². The fraction of sp³-hybridized carbons (Fsp3) is 0.333. The molecule has 0 spiro atoms. The molecule has 0 aliphatic rings. The van der Waals surface area contributed by atoms with Gasteiger partial charge in [-0.05, 0) is 59.7 Å². The summed E-state index contributed by atoms with van der Waals surface area (Å²) in [6.45, 7) is 8.88. The third kappa shape index (κ3) is 7.78. The molecule has 2 amide bonds. The van der Waals surface area contributed by atoms with Crippen molar-refractivity contribution in [3.63, 3.8) is 0 Å². The van der Waals surface area contributed by atoms with Crippen molar-refractivity contribution >= 4 is 11.8 Å². The first-order valence-electron chi connectivity index (χ1n) is 12.1. The van der Waals surface area contributed by atoms with Crippen LogP contribution in [-0.2, 0) is 29.0 Å². The summed E-state index contributed by atoms with van der Waals surface area (Å²) in [7, 11) is 0. The van der Waals surface area contributed by atoms with Gasteiger partial charge in [-0.15, -0.1) is 0 Å². The predicted molar refractivity (Wildman–Crippen MR) is 138 cm³/mol. The number of amides is 2. The van der Waals surface area contributed by atoms with E-state index in [-0.39, 0.29) is 36.5 Å². The Hall–Kier alpha value is -3.47. The van der Waals surface area contributed by atoms with Gasteiger partial charge in [0.2, 0.25) is 11.8 Å². The fourth-order valence-electron chi connectivity index (χ4n) is 3.95. The van der Waals surface area contributed by atoms with Crippen LogP contribution in [0.3, 0.4) is 0 Å². The van der Waals surface area contributed by atoms with E-state index in [1.165, 1.54) is 17.7 Å². The quantitative estimate of drug-likeness (QED) is 0.428. The second-order valence-electron chi connectivity index (χ2n) is 9.59. The predicted octanol–water partition coefficient (Wildman–Crippen LogP) is 5.40. The Labute approximate surface area is 208 Å². The minimum atomic E-state index is -0.694. The maximum Gasteiger partial charge on any atom is 0.243 e. The molecule has 0 saturated carbocycles. The summed E-state index contributed by atoms with van der Waals surface area (Å²) in [5.74, 6) is -0.373. The van der Waals surface area contributed by atoms with E-state index in [4.69, 9.17) is 0 Å². The van der Waals surface area contributed by atoms with E-state index in [0.29, 0.717) is 13.0 Å². The van der Waals surface area contributed by atoms with E-state index in [1.807, 2.05) is 76.2 Å². The minimum Gasteiger partial charge on any atom is -0.354 e. The topological polar surface area (TPSA) is 49.4 Å². The number of nitrogens with one attached hydrogen (secondary N) is 1. The van der Waals surface area contributed by atoms with E-state index in [1.54, 1.807) is 17.0 Å². The Morgan fingerprint density at radius 2 is 1.51 bits per heavy atom. The molecule has 3 rings (SSSR count). The number of carbonyl (C=O) groups is 2. The van der Waals surface area contributed by atoms with Gasteiger partial charge in [-0.3, -0.25) is 9.59 Å². The van der Waals surface area contributed by atoms with Gasteiger partial charge in [-0.1, -0.05) is 74.5 Å². The first-order valence-corrected chi connectivity index (χ1v) is 12.1. The summed E-state index contributed by atoms with van der Waals surface area (Å²) in [5.41, 5.74) is 4.94. The van der Waals surface area contributed by atoms with Gasteiger partial charge in [0.25, 0.3) is 0 Å². The maximum atomic E-state index is 13.7. The second-order valence-corrected chi connectivity index (χ2v) is 9.59. The fourth-order valence-corrected chi connectivity index (χ4v) is 3.95. The molecule has 3 aromatic carbocycles. The van der Waals surface area contributed by atoms with Crippen molar-refractivity contribution in [1.82, 2.24) is 10.2 Å². The van der Waals surface area contributed by atoms with Crippen molar-refractivity contribution in [2.24, 2.45) is 5.92 Å². The van der Waals surface area contributed by atoms with Gasteiger partial charge in [0.15, 0.2) is 0 Å². The highest BCUT2D eigenvalue weighted by Crippen LogP contribution is 2.18. The minimum absolute atomic E-state index is 0.141. The van der Waals surface area contributed by atoms with E-state index >= 15 is 0 Å². The molecule has 0 saturated heterocycles. The molecule has 3 aromatic rings. The molecule has 5 heteroatoms. The number of carbonyl (C=O) groups excluding carboxylic acids is 2. The lowest BCUT2D eigenvalue weighted by Crippen LogP contribution is -2.51. The zero-order valence-corrected chi connectivity index (χ0v) is 21.1. The lowest BCUT2D eigenvalue weighted by Gasteiger charge is -2.32. The smallest absolute Gasteiger partial charge is 0.243 e. The number of hydrogen-bond donors (Lipinski definition) is 1. The number of aryl methyl sites for hydroxylation is 2. The normalized spacial score (nSPS) is 11.8. The first-order chi connectivity index (χ1) is 16.7. The molecule has 0 bridgehead atoms. The van der Waals surface area contributed by atoms with E-state index < -0.39 is 6.04 Å². The number of rotatable bonds is 10. The van der Waals surface area contributed by atoms with Crippen molar-refractivity contribution in [2.75, 3.05) is 6.54 Å². The van der Waals surface area contributed by atoms with Gasteiger partial charge in [-0.25, -0.2) is 4.39 Å². The number of nitrogens with zero attached hydrogens (tertiary/aromatic N) is 1. The molecule has 0 aliphatic heterocycles. The van der Waals surface area contributed by atoms with Crippen LogP contribution < -0.4 is 5.32 Å². The summed E-state index contributed by atoms with van der Waals surface area (Å²) in [6.07, 6.45) is 0.579. The lowest BCUT2D eigenvalue weighted by atomic mass is 10.00. The van der Waals surface area contributed by atoms with Crippen LogP contribution in [0.25, 0.3) is 0 Å². The largest absolute Gasteiger partial charge is 0.354 e. The Balaban J connectivity index is 1.95. The third-order valence-electron chi connectivity index (χ3n) is 6.15. The van der Waals surface area contributed by atoms with Crippen molar-refractivity contribution in [2.45, 2.75) is 53.1 Å². The van der Waals surface area contributed by atoms with Crippen LogP contribution in [0.1, 0.15) is 41.7 Å². The van der Waals surface area contributed by atoms with Gasteiger partial charge in [-0.2, -0.15) is 0 Å². The Morgan fingerprint density at radius 1 is 0.857 bits per heavy atom. The zero-order chi connectivity index (χ0) is 25.4. The number of benzene rings is 3. The second kappa shape index (κ2) is 12.3. The number of halogens is 1. The SMILES string of the molecule is Cc1ccc(CC(=O)N(Cc2ccc(F)cc2)[C@@H](Cc2ccccc2)C(=O)NCC(C)C)cc1C. The molecule has 0 aliphatic carbocycles. The van der Waals surface area contributed by atoms with Crippen LogP contribution >= 0.6 is 0 Å². The molecule has 0 fully saturated rings. The molecule has 0 aromatic heterocycles. The van der Waals surface area contributed by atoms with Crippen molar-refractivity contribution in [3.8, 4) is 0 Å². The van der Waals surface area contributed by atoms with Gasteiger partial charge >= 0.3 is 0 Å². The molecule has 0 heterocycles. The Morgan fingerprint density at radius 3 is 2.14 bits per heavy atom. The molecule has 0 unspecified atom stereocenters. The van der Waals surface area contributed by atoms with Gasteiger partial charge < -0.3 is 10.2 Å². The standard InChI is InChI=1S/C30H35FN2O2/c1-21(2)19-32-30(35)28(17-24-8-6-5-7-9-24)33(20-25-12-14-27(31)15-13-25)29(34)18-26-11-10-22(3)23(4)16-26/h5-16,21,28H,17-20H2,1-4H3,(H,32,35)/t28-/m0/s1. The summed E-state index contributed by atoms with van der Waals surface area (Å²) >= 11 is 0. The van der Waals surface area contributed by atoms with Crippen molar-refractivity contribution < 1.29 is 14.0 Å². The summed E-state index contributed by atoms with van der Waals surface area (Å²) in [4.78, 5) is 28.8. The van der Waals surface area contributed by atoms with Crippen molar-refractivity contribution in [3.05, 3.63) is 106 Å². The molecule has 0 radical (unpaired) electrons. The van der Waals surface area contributed by atoms with E-state index in [0.717, 1.165) is 22.3 Å². The van der Waals surface area contributed by atoms with Crippen LogP contribution in [0.2, 0.25) is 0 Å². The molecular formula is C30H35FN2O2.